The summed E-state index contributed by atoms with van der Waals surface area (Å²) in [7, 11) is -3.20. The fraction of sp³-hybridized carbons (Fsp3) is 0.188. The molecule has 1 N–H and O–H groups in total. The molecule has 1 amide bonds. The molecule has 2 aromatic rings. The van der Waals surface area contributed by atoms with Crippen LogP contribution in [-0.4, -0.2) is 20.6 Å². The Balaban J connectivity index is 2.03. The Kier molecular flexibility index (Phi) is 4.43. The summed E-state index contributed by atoms with van der Waals surface area (Å²) in [6.45, 7) is 1.96. The topological polar surface area (TPSA) is 63.2 Å². The van der Waals surface area contributed by atoms with Gasteiger partial charge in [-0.1, -0.05) is 24.3 Å². The Hall–Kier alpha value is -2.14. The van der Waals surface area contributed by atoms with Crippen LogP contribution in [0, 0.1) is 6.92 Å². The third-order valence-corrected chi connectivity index (χ3v) is 4.15. The number of rotatable bonds is 4. The molecule has 110 valence electrons. The number of carbonyl (C=O) groups is 1. The van der Waals surface area contributed by atoms with Crippen LogP contribution in [0.15, 0.2) is 53.4 Å². The molecule has 0 aliphatic carbocycles. The number of hydrogen-bond donors (Lipinski definition) is 1. The van der Waals surface area contributed by atoms with E-state index in [0.29, 0.717) is 0 Å². The van der Waals surface area contributed by atoms with Gasteiger partial charge in [0, 0.05) is 11.9 Å². The first-order valence-corrected chi connectivity index (χ1v) is 8.39. The van der Waals surface area contributed by atoms with E-state index in [-0.39, 0.29) is 17.2 Å². The highest BCUT2D eigenvalue weighted by Gasteiger charge is 2.08. The summed E-state index contributed by atoms with van der Waals surface area (Å²) < 4.78 is 22.7. The van der Waals surface area contributed by atoms with Gasteiger partial charge >= 0.3 is 0 Å². The molecular formula is C16H17NO3S. The Bertz CT molecular complexity index is 749. The second-order valence-corrected chi connectivity index (χ2v) is 7.03. The molecule has 0 unspecified atom stereocenters. The molecule has 2 rings (SSSR count). The average Bonchev–Trinajstić information content (AvgIpc) is 2.38. The van der Waals surface area contributed by atoms with Crippen molar-refractivity contribution in [1.29, 1.82) is 0 Å². The lowest BCUT2D eigenvalue weighted by molar-refractivity contribution is -0.115. The third-order valence-electron chi connectivity index (χ3n) is 3.02. The van der Waals surface area contributed by atoms with Crippen molar-refractivity contribution in [2.75, 3.05) is 11.6 Å². The quantitative estimate of drug-likeness (QED) is 0.944. The number of anilines is 1. The van der Waals surface area contributed by atoms with Gasteiger partial charge in [-0.15, -0.1) is 0 Å². The van der Waals surface area contributed by atoms with E-state index in [2.05, 4.69) is 5.32 Å². The molecule has 0 atom stereocenters. The number of aryl methyl sites for hydroxylation is 1. The third kappa shape index (κ3) is 4.43. The van der Waals surface area contributed by atoms with Crippen molar-refractivity contribution in [2.24, 2.45) is 0 Å². The summed E-state index contributed by atoms with van der Waals surface area (Å²) >= 11 is 0. The second-order valence-electron chi connectivity index (χ2n) is 5.01. The minimum absolute atomic E-state index is 0.132. The van der Waals surface area contributed by atoms with Gasteiger partial charge in [-0.25, -0.2) is 8.42 Å². The Morgan fingerprint density at radius 1 is 1.10 bits per heavy atom. The van der Waals surface area contributed by atoms with Crippen molar-refractivity contribution in [3.8, 4) is 0 Å². The normalized spacial score (nSPS) is 11.1. The van der Waals surface area contributed by atoms with E-state index in [0.717, 1.165) is 23.1 Å². The zero-order valence-corrected chi connectivity index (χ0v) is 12.8. The molecule has 0 bridgehead atoms. The summed E-state index contributed by atoms with van der Waals surface area (Å²) in [5, 5.41) is 2.82. The predicted octanol–water partition coefficient (Wildman–Crippen LogP) is 2.58. The molecule has 0 aromatic heterocycles. The van der Waals surface area contributed by atoms with Gasteiger partial charge in [-0.2, -0.15) is 0 Å². The smallest absolute Gasteiger partial charge is 0.228 e. The van der Waals surface area contributed by atoms with Crippen LogP contribution in [0.2, 0.25) is 0 Å². The van der Waals surface area contributed by atoms with Gasteiger partial charge in [0.2, 0.25) is 5.91 Å². The SMILES string of the molecule is Cc1cccc(NC(=O)Cc2ccc(S(C)(=O)=O)cc2)c1. The van der Waals surface area contributed by atoms with Gasteiger partial charge < -0.3 is 5.32 Å². The van der Waals surface area contributed by atoms with Crippen molar-refractivity contribution in [2.45, 2.75) is 18.2 Å². The van der Waals surface area contributed by atoms with E-state index in [9.17, 15) is 13.2 Å². The van der Waals surface area contributed by atoms with Crippen LogP contribution in [0.25, 0.3) is 0 Å². The molecule has 0 fully saturated rings. The van der Waals surface area contributed by atoms with Crippen molar-refractivity contribution in [1.82, 2.24) is 0 Å². The molecular weight excluding hydrogens is 286 g/mol. The van der Waals surface area contributed by atoms with Gasteiger partial charge in [-0.05, 0) is 42.3 Å². The fourth-order valence-corrected chi connectivity index (χ4v) is 2.60. The lowest BCUT2D eigenvalue weighted by Crippen LogP contribution is -2.14. The van der Waals surface area contributed by atoms with Crippen LogP contribution in [0.5, 0.6) is 0 Å². The summed E-state index contributed by atoms with van der Waals surface area (Å²) in [5.41, 5.74) is 2.60. The zero-order chi connectivity index (χ0) is 15.5. The highest BCUT2D eigenvalue weighted by atomic mass is 32.2. The number of hydrogen-bond acceptors (Lipinski definition) is 3. The number of amides is 1. The Morgan fingerprint density at radius 2 is 1.76 bits per heavy atom. The van der Waals surface area contributed by atoms with Crippen LogP contribution in [-0.2, 0) is 21.1 Å². The molecule has 2 aromatic carbocycles. The number of nitrogens with one attached hydrogen (secondary N) is 1. The molecule has 0 saturated carbocycles. The van der Waals surface area contributed by atoms with Crippen molar-refractivity contribution < 1.29 is 13.2 Å². The molecule has 0 spiro atoms. The second kappa shape index (κ2) is 6.10. The van der Waals surface area contributed by atoms with Gasteiger partial charge in [0.25, 0.3) is 0 Å². The van der Waals surface area contributed by atoms with Gasteiger partial charge in [-0.3, -0.25) is 4.79 Å². The van der Waals surface area contributed by atoms with Crippen LogP contribution in [0.4, 0.5) is 5.69 Å². The van der Waals surface area contributed by atoms with E-state index < -0.39 is 9.84 Å². The van der Waals surface area contributed by atoms with Crippen molar-refractivity contribution in [3.63, 3.8) is 0 Å². The predicted molar refractivity (Wildman–Crippen MR) is 83.1 cm³/mol. The van der Waals surface area contributed by atoms with E-state index in [1.54, 1.807) is 12.1 Å². The van der Waals surface area contributed by atoms with Crippen molar-refractivity contribution in [3.05, 3.63) is 59.7 Å². The van der Waals surface area contributed by atoms with Gasteiger partial charge in [0.05, 0.1) is 11.3 Å². The van der Waals surface area contributed by atoms with E-state index >= 15 is 0 Å². The Morgan fingerprint density at radius 3 is 2.33 bits per heavy atom. The lowest BCUT2D eigenvalue weighted by atomic mass is 10.1. The summed E-state index contributed by atoms with van der Waals surface area (Å²) in [5.74, 6) is -0.132. The maximum absolute atomic E-state index is 11.9. The minimum atomic E-state index is -3.20. The average molecular weight is 303 g/mol. The lowest BCUT2D eigenvalue weighted by Gasteiger charge is -2.06. The molecule has 0 aliphatic heterocycles. The standard InChI is InChI=1S/C16H17NO3S/c1-12-4-3-5-14(10-12)17-16(18)11-13-6-8-15(9-7-13)21(2,19)20/h3-10H,11H2,1-2H3,(H,17,18). The highest BCUT2D eigenvalue weighted by Crippen LogP contribution is 2.13. The molecule has 21 heavy (non-hydrogen) atoms. The van der Waals surface area contributed by atoms with E-state index in [1.807, 2.05) is 31.2 Å². The first kappa shape index (κ1) is 15.3. The molecule has 0 heterocycles. The molecule has 0 aliphatic rings. The van der Waals surface area contributed by atoms with Gasteiger partial charge in [0.15, 0.2) is 9.84 Å². The number of carbonyl (C=O) groups excluding carboxylic acids is 1. The maximum atomic E-state index is 11.9. The van der Waals surface area contributed by atoms with E-state index in [4.69, 9.17) is 0 Å². The molecule has 0 radical (unpaired) electrons. The summed E-state index contributed by atoms with van der Waals surface area (Å²) in [6.07, 6.45) is 1.37. The molecule has 0 saturated heterocycles. The largest absolute Gasteiger partial charge is 0.326 e. The van der Waals surface area contributed by atoms with Crippen LogP contribution < -0.4 is 5.32 Å². The van der Waals surface area contributed by atoms with E-state index in [1.165, 1.54) is 12.1 Å². The first-order valence-electron chi connectivity index (χ1n) is 6.50. The molecule has 5 heteroatoms. The monoisotopic (exact) mass is 303 g/mol. The minimum Gasteiger partial charge on any atom is -0.326 e. The fourth-order valence-electron chi connectivity index (χ4n) is 1.97. The summed E-state index contributed by atoms with van der Waals surface area (Å²) in [6, 6.07) is 13.9. The van der Waals surface area contributed by atoms with Crippen LogP contribution in [0.1, 0.15) is 11.1 Å². The van der Waals surface area contributed by atoms with Gasteiger partial charge in [0.1, 0.15) is 0 Å². The van der Waals surface area contributed by atoms with Crippen LogP contribution >= 0.6 is 0 Å². The highest BCUT2D eigenvalue weighted by molar-refractivity contribution is 7.90. The maximum Gasteiger partial charge on any atom is 0.228 e. The first-order chi connectivity index (χ1) is 9.84. The molecule has 4 nitrogen and oxygen atoms in total. The van der Waals surface area contributed by atoms with Crippen molar-refractivity contribution >= 4 is 21.4 Å². The summed E-state index contributed by atoms with van der Waals surface area (Å²) in [4.78, 5) is 12.2. The zero-order valence-electron chi connectivity index (χ0n) is 12.0. The number of benzene rings is 2. The van der Waals surface area contributed by atoms with Crippen LogP contribution in [0.3, 0.4) is 0 Å². The Labute approximate surface area is 124 Å². The number of sulfone groups is 1.